The van der Waals surface area contributed by atoms with Gasteiger partial charge in [-0.2, -0.15) is 15.5 Å². The van der Waals surface area contributed by atoms with E-state index in [4.69, 9.17) is 21.4 Å². The predicted molar refractivity (Wildman–Crippen MR) is 262 cm³/mol. The van der Waals surface area contributed by atoms with Crippen LogP contribution >= 0.6 is 11.6 Å². The molecule has 0 unspecified atom stereocenters. The number of carbonyl (C=O) groups excluding carboxylic acids is 3. The van der Waals surface area contributed by atoms with Crippen molar-refractivity contribution in [3.05, 3.63) is 93.7 Å². The fourth-order valence-corrected chi connectivity index (χ4v) is 11.9. The van der Waals surface area contributed by atoms with Gasteiger partial charge in [0.15, 0.2) is 5.82 Å². The summed E-state index contributed by atoms with van der Waals surface area (Å²) in [5, 5.41) is 22.2. The number of anilines is 3. The molecule has 0 spiro atoms. The molecule has 1 N–H and O–H groups in total. The average Bonchev–Trinajstić information content (AvgIpc) is 3.94. The second-order valence-corrected chi connectivity index (χ2v) is 21.1. The van der Waals surface area contributed by atoms with E-state index < -0.39 is 17.3 Å². The first-order valence-electron chi connectivity index (χ1n) is 24.2. The molecule has 4 aliphatic heterocycles. The molecule has 0 radical (unpaired) electrons. The van der Waals surface area contributed by atoms with Crippen molar-refractivity contribution in [2.75, 3.05) is 68.7 Å². The number of carbonyl (C=O) groups is 3. The number of aryl methyl sites for hydroxylation is 2. The number of nitriles is 1. The Bertz CT molecular complexity index is 2920. The van der Waals surface area contributed by atoms with Gasteiger partial charge in [0.05, 0.1) is 41.5 Å². The predicted octanol–water partition coefficient (Wildman–Crippen LogP) is 6.34. The van der Waals surface area contributed by atoms with Crippen LogP contribution in [0.15, 0.2) is 55.1 Å². The largest absolute Gasteiger partial charge is 0.489 e. The van der Waals surface area contributed by atoms with E-state index in [1.807, 2.05) is 43.3 Å². The quantitative estimate of drug-likeness (QED) is 0.156. The smallest absolute Gasteiger partial charge is 0.264 e. The molecule has 20 heteroatoms. The third kappa shape index (κ3) is 8.83. The zero-order valence-electron chi connectivity index (χ0n) is 40.8. The number of piperazine rings is 1. The molecule has 1 aliphatic carbocycles. The van der Waals surface area contributed by atoms with E-state index in [-0.39, 0.29) is 48.0 Å². The summed E-state index contributed by atoms with van der Waals surface area (Å²) in [6.45, 7) is 15.0. The van der Waals surface area contributed by atoms with Crippen LogP contribution in [0.25, 0.3) is 11.1 Å². The molecule has 17 nitrogen and oxygen atoms in total. The minimum Gasteiger partial charge on any atom is -0.489 e. The first-order valence-corrected chi connectivity index (χ1v) is 24.6. The molecule has 5 aliphatic rings. The van der Waals surface area contributed by atoms with Crippen molar-refractivity contribution in [1.29, 1.82) is 5.26 Å². The van der Waals surface area contributed by atoms with E-state index in [9.17, 15) is 28.4 Å². The highest BCUT2D eigenvalue weighted by molar-refractivity contribution is 6.31. The number of benzene rings is 2. The van der Waals surface area contributed by atoms with Crippen LogP contribution in [-0.4, -0.2) is 133 Å². The number of nitrogens with one attached hydrogen (secondary N) is 1. The zero-order chi connectivity index (χ0) is 50.1. The normalized spacial score (nSPS) is 20.7. The molecule has 5 aromatic rings. The van der Waals surface area contributed by atoms with Crippen molar-refractivity contribution >= 4 is 46.8 Å². The molecule has 2 saturated heterocycles. The first kappa shape index (κ1) is 48.0. The molecule has 3 fully saturated rings. The summed E-state index contributed by atoms with van der Waals surface area (Å²) in [7, 11) is 1.77. The van der Waals surface area contributed by atoms with Crippen molar-refractivity contribution in [2.24, 2.45) is 17.9 Å². The molecule has 3 aromatic heterocycles. The number of aromatic nitrogens is 6. The highest BCUT2D eigenvalue weighted by Gasteiger charge is 2.64. The zero-order valence-corrected chi connectivity index (χ0v) is 41.6. The molecule has 3 amide bonds. The third-order valence-electron chi connectivity index (χ3n) is 15.3. The Morgan fingerprint density at radius 1 is 0.958 bits per heavy atom. The second-order valence-electron chi connectivity index (χ2n) is 20.7. The second kappa shape index (κ2) is 18.5. The van der Waals surface area contributed by atoms with Gasteiger partial charge in [-0.25, -0.2) is 18.7 Å². The number of likely N-dealkylation sites (tertiary alicyclic amines) is 1. The summed E-state index contributed by atoms with van der Waals surface area (Å²) in [6.07, 6.45) is 5.67. The van der Waals surface area contributed by atoms with E-state index >= 15 is 0 Å². The van der Waals surface area contributed by atoms with Gasteiger partial charge in [-0.1, -0.05) is 39.3 Å². The van der Waals surface area contributed by atoms with E-state index in [1.54, 1.807) is 72.6 Å². The van der Waals surface area contributed by atoms with Crippen LogP contribution in [0.4, 0.5) is 26.2 Å². The SMILES string of the molecule is CC(=O)N1CCc2c(c(N3CCCc4cc(-c5cnn(C)c5)c(C(F)F)cc43)nn2C2CN(C(=O)CN3CCN(c4ncc(C(=O)NC5C(C)(C)C(Oc6ccc(C#N)c(Cl)c6)C5(C)C)cn4)CC3)C2)C1. The summed E-state index contributed by atoms with van der Waals surface area (Å²) in [4.78, 5) is 58.9. The van der Waals surface area contributed by atoms with Crippen molar-refractivity contribution < 1.29 is 27.9 Å². The van der Waals surface area contributed by atoms with Gasteiger partial charge in [0.1, 0.15) is 17.9 Å². The van der Waals surface area contributed by atoms with Gasteiger partial charge in [0.25, 0.3) is 12.3 Å². The van der Waals surface area contributed by atoms with Gasteiger partial charge in [0, 0.05) is 142 Å². The van der Waals surface area contributed by atoms with Crippen molar-refractivity contribution in [3.63, 3.8) is 0 Å². The lowest BCUT2D eigenvalue weighted by Crippen LogP contribution is -2.74. The minimum atomic E-state index is -2.70. The summed E-state index contributed by atoms with van der Waals surface area (Å²) in [5.74, 6) is 1.49. The first-order chi connectivity index (χ1) is 33.9. The van der Waals surface area contributed by atoms with Gasteiger partial charge >= 0.3 is 0 Å². The van der Waals surface area contributed by atoms with Crippen molar-refractivity contribution in [1.82, 2.24) is 49.5 Å². The molecule has 10 rings (SSSR count). The van der Waals surface area contributed by atoms with Crippen molar-refractivity contribution in [2.45, 2.75) is 85.0 Å². The maximum atomic E-state index is 14.7. The van der Waals surface area contributed by atoms with Gasteiger partial charge in [0.2, 0.25) is 17.8 Å². The Labute approximate surface area is 416 Å². The van der Waals surface area contributed by atoms with Crippen LogP contribution in [0.1, 0.15) is 91.8 Å². The molecular weight excluding hydrogens is 932 g/mol. The fraction of sp³-hybridized carbons (Fsp3) is 0.490. The Kier molecular flexibility index (Phi) is 12.5. The molecule has 0 bridgehead atoms. The highest BCUT2D eigenvalue weighted by atomic mass is 35.5. The summed E-state index contributed by atoms with van der Waals surface area (Å²) < 4.78 is 39.5. The lowest BCUT2D eigenvalue weighted by atomic mass is 9.49. The van der Waals surface area contributed by atoms with Gasteiger partial charge < -0.3 is 29.7 Å². The number of hydrogen-bond donors (Lipinski definition) is 1. The minimum absolute atomic E-state index is 0.0325. The van der Waals surface area contributed by atoms with Crippen LogP contribution in [0.3, 0.4) is 0 Å². The molecule has 372 valence electrons. The van der Waals surface area contributed by atoms with Crippen LogP contribution in [0.2, 0.25) is 5.02 Å². The van der Waals surface area contributed by atoms with E-state index in [1.165, 1.54) is 0 Å². The molecule has 7 heterocycles. The van der Waals surface area contributed by atoms with Crippen molar-refractivity contribution in [3.8, 4) is 22.9 Å². The summed E-state index contributed by atoms with van der Waals surface area (Å²) in [5.41, 5.74) is 4.54. The van der Waals surface area contributed by atoms with Crippen LogP contribution < -0.4 is 19.9 Å². The van der Waals surface area contributed by atoms with E-state index in [2.05, 4.69) is 41.2 Å². The Balaban J connectivity index is 0.745. The van der Waals surface area contributed by atoms with E-state index in [0.717, 1.165) is 29.7 Å². The topological polar surface area (TPSA) is 174 Å². The number of fused-ring (bicyclic) bond motifs is 2. The maximum Gasteiger partial charge on any atom is 0.264 e. The lowest BCUT2D eigenvalue weighted by Gasteiger charge is -2.63. The monoisotopic (exact) mass is 989 g/mol. The van der Waals surface area contributed by atoms with Crippen LogP contribution in [0.5, 0.6) is 5.75 Å². The fourth-order valence-electron chi connectivity index (χ4n) is 11.7. The number of amides is 3. The Hall–Kier alpha value is -6.65. The Morgan fingerprint density at radius 3 is 2.34 bits per heavy atom. The Morgan fingerprint density at radius 2 is 1.69 bits per heavy atom. The maximum absolute atomic E-state index is 14.7. The summed E-state index contributed by atoms with van der Waals surface area (Å²) >= 11 is 6.26. The van der Waals surface area contributed by atoms with Gasteiger partial charge in [-0.15, -0.1) is 0 Å². The number of halogens is 3. The molecule has 1 saturated carbocycles. The average molecular weight is 991 g/mol. The number of alkyl halides is 2. The van der Waals surface area contributed by atoms with Gasteiger partial charge in [-0.3, -0.25) is 28.6 Å². The highest BCUT2D eigenvalue weighted by Crippen LogP contribution is 2.56. The number of hydrogen-bond acceptors (Lipinski definition) is 12. The van der Waals surface area contributed by atoms with Gasteiger partial charge in [-0.05, 0) is 48.2 Å². The molecule has 2 aromatic carbocycles. The van der Waals surface area contributed by atoms with Crippen LogP contribution in [-0.2, 0) is 36.0 Å². The number of nitrogens with zero attached hydrogens (tertiary/aromatic N) is 12. The lowest BCUT2D eigenvalue weighted by molar-refractivity contribution is -0.164. The summed E-state index contributed by atoms with van der Waals surface area (Å²) in [6, 6.07) is 10.3. The molecule has 71 heavy (non-hydrogen) atoms. The number of ether oxygens (including phenoxy) is 1. The van der Waals surface area contributed by atoms with E-state index in [0.29, 0.717) is 116 Å². The molecule has 0 atom stereocenters. The number of rotatable bonds is 11. The standard InChI is InChI=1S/C51H58ClF2N13O4/c1-30(68)64-13-11-41-39(28-64)45(66-12-7-8-31-18-37(34-24-58-61(6)25-34)38(44(53)54)20-42(31)66)60-67(41)35-26-65(27-35)43(69)29-62-14-16-63(17-15-62)49-56-22-33(23-57-49)46(70)59-47-50(2,3)48(51(47,4)5)71-36-10-9-32(21-55)40(52)19-36/h9-10,18-20,22-25,35,44,47-48H,7-8,11-17,26-29H2,1-6H3,(H,59,70). The molecular formula is C51H58ClF2N13O4. The third-order valence-corrected chi connectivity index (χ3v) is 15.6. The van der Waals surface area contributed by atoms with Crippen LogP contribution in [0, 0.1) is 22.2 Å².